The number of halogens is 1. The van der Waals surface area contributed by atoms with Crippen LogP contribution in [0.2, 0.25) is 0 Å². The molecule has 0 unspecified atom stereocenters. The SMILES string of the molecule is CCO[C@H]1CCN(C(=O)CO)C[C@H]1F. The Hall–Kier alpha value is -0.680. The second kappa shape index (κ2) is 5.26. The standard InChI is InChI=1S/C9H16FNO3/c1-2-14-8-3-4-11(5-7(8)10)9(13)6-12/h7-8,12H,2-6H2,1H3/t7-,8+/m1/s1. The van der Waals surface area contributed by atoms with Gasteiger partial charge < -0.3 is 14.7 Å². The summed E-state index contributed by atoms with van der Waals surface area (Å²) in [4.78, 5) is 12.4. The van der Waals surface area contributed by atoms with E-state index in [0.717, 1.165) is 0 Å². The first-order valence-electron chi connectivity index (χ1n) is 4.83. The van der Waals surface area contributed by atoms with Gasteiger partial charge in [0, 0.05) is 13.2 Å². The van der Waals surface area contributed by atoms with Crippen molar-refractivity contribution in [3.8, 4) is 0 Å². The minimum absolute atomic E-state index is 0.0318. The number of alkyl halides is 1. The Labute approximate surface area is 82.6 Å². The number of ether oxygens (including phenoxy) is 1. The Balaban J connectivity index is 2.42. The summed E-state index contributed by atoms with van der Waals surface area (Å²) in [5, 5.41) is 8.60. The second-order valence-corrected chi connectivity index (χ2v) is 3.30. The number of carbonyl (C=O) groups is 1. The Bertz CT molecular complexity index is 200. The molecule has 0 saturated carbocycles. The molecule has 0 bridgehead atoms. The van der Waals surface area contributed by atoms with Gasteiger partial charge in [0.15, 0.2) is 0 Å². The van der Waals surface area contributed by atoms with Gasteiger partial charge >= 0.3 is 0 Å². The molecule has 0 aromatic carbocycles. The average Bonchev–Trinajstić information content (AvgIpc) is 2.20. The zero-order valence-electron chi connectivity index (χ0n) is 8.28. The monoisotopic (exact) mass is 205 g/mol. The highest BCUT2D eigenvalue weighted by atomic mass is 19.1. The molecule has 1 rings (SSSR count). The zero-order valence-corrected chi connectivity index (χ0v) is 8.28. The van der Waals surface area contributed by atoms with E-state index in [1.165, 1.54) is 4.90 Å². The molecule has 4 nitrogen and oxygen atoms in total. The molecule has 0 spiro atoms. The van der Waals surface area contributed by atoms with Gasteiger partial charge in [0.2, 0.25) is 5.91 Å². The third-order valence-corrected chi connectivity index (χ3v) is 2.35. The van der Waals surface area contributed by atoms with Gasteiger partial charge in [-0.1, -0.05) is 0 Å². The molecule has 0 aromatic rings. The van der Waals surface area contributed by atoms with Crippen LogP contribution in [0, 0.1) is 0 Å². The van der Waals surface area contributed by atoms with Crippen LogP contribution >= 0.6 is 0 Å². The smallest absolute Gasteiger partial charge is 0.248 e. The number of hydrogen-bond donors (Lipinski definition) is 1. The van der Waals surface area contributed by atoms with E-state index in [4.69, 9.17) is 9.84 Å². The van der Waals surface area contributed by atoms with Crippen LogP contribution in [0.15, 0.2) is 0 Å². The molecule has 14 heavy (non-hydrogen) atoms. The fraction of sp³-hybridized carbons (Fsp3) is 0.889. The maximum absolute atomic E-state index is 13.4. The Kier molecular flexibility index (Phi) is 4.28. The van der Waals surface area contributed by atoms with Crippen molar-refractivity contribution in [1.82, 2.24) is 4.90 Å². The van der Waals surface area contributed by atoms with Crippen molar-refractivity contribution in [2.45, 2.75) is 25.6 Å². The number of aliphatic hydroxyl groups excluding tert-OH is 1. The molecule has 0 radical (unpaired) electrons. The number of amides is 1. The number of likely N-dealkylation sites (tertiary alicyclic amines) is 1. The molecule has 1 fully saturated rings. The van der Waals surface area contributed by atoms with Crippen molar-refractivity contribution in [2.75, 3.05) is 26.3 Å². The van der Waals surface area contributed by atoms with E-state index in [-0.39, 0.29) is 6.54 Å². The highest BCUT2D eigenvalue weighted by Gasteiger charge is 2.31. The Morgan fingerprint density at radius 3 is 2.93 bits per heavy atom. The van der Waals surface area contributed by atoms with E-state index in [1.807, 2.05) is 6.92 Å². The van der Waals surface area contributed by atoms with Gasteiger partial charge in [-0.25, -0.2) is 4.39 Å². The lowest BCUT2D eigenvalue weighted by Gasteiger charge is -2.34. The number of nitrogens with zero attached hydrogens (tertiary/aromatic N) is 1. The van der Waals surface area contributed by atoms with Gasteiger partial charge in [-0.15, -0.1) is 0 Å². The lowest BCUT2D eigenvalue weighted by molar-refractivity contribution is -0.139. The number of rotatable bonds is 3. The van der Waals surface area contributed by atoms with Crippen LogP contribution in [0.4, 0.5) is 4.39 Å². The second-order valence-electron chi connectivity index (χ2n) is 3.30. The average molecular weight is 205 g/mol. The summed E-state index contributed by atoms with van der Waals surface area (Å²) in [7, 11) is 0. The quantitative estimate of drug-likeness (QED) is 0.703. The molecule has 1 aliphatic rings. The van der Waals surface area contributed by atoms with Gasteiger partial charge in [-0.2, -0.15) is 0 Å². The van der Waals surface area contributed by atoms with E-state index >= 15 is 0 Å². The van der Waals surface area contributed by atoms with Crippen molar-refractivity contribution in [2.24, 2.45) is 0 Å². The molecule has 5 heteroatoms. The van der Waals surface area contributed by atoms with Crippen LogP contribution < -0.4 is 0 Å². The van der Waals surface area contributed by atoms with Gasteiger partial charge in [0.25, 0.3) is 0 Å². The Morgan fingerprint density at radius 1 is 1.71 bits per heavy atom. The third kappa shape index (κ3) is 2.65. The highest BCUT2D eigenvalue weighted by Crippen LogP contribution is 2.17. The first-order chi connectivity index (χ1) is 6.69. The summed E-state index contributed by atoms with van der Waals surface area (Å²) in [5.41, 5.74) is 0. The van der Waals surface area contributed by atoms with Crippen molar-refractivity contribution < 1.29 is 19.0 Å². The molecule has 0 aromatic heterocycles. The molecule has 2 atom stereocenters. The van der Waals surface area contributed by atoms with Crippen LogP contribution in [-0.4, -0.2) is 54.5 Å². The molecule has 1 amide bonds. The van der Waals surface area contributed by atoms with E-state index in [0.29, 0.717) is 19.6 Å². The summed E-state index contributed by atoms with van der Waals surface area (Å²) in [6.07, 6.45) is -1.04. The van der Waals surface area contributed by atoms with Gasteiger partial charge in [0.05, 0.1) is 12.6 Å². The van der Waals surface area contributed by atoms with Crippen LogP contribution in [0.25, 0.3) is 0 Å². The lowest BCUT2D eigenvalue weighted by Crippen LogP contribution is -2.48. The van der Waals surface area contributed by atoms with Gasteiger partial charge in [0.1, 0.15) is 12.8 Å². The topological polar surface area (TPSA) is 49.8 Å². The lowest BCUT2D eigenvalue weighted by atomic mass is 10.1. The van der Waals surface area contributed by atoms with Crippen LogP contribution in [0.5, 0.6) is 0 Å². The van der Waals surface area contributed by atoms with Crippen LogP contribution in [0.3, 0.4) is 0 Å². The summed E-state index contributed by atoms with van der Waals surface area (Å²) in [6, 6.07) is 0. The summed E-state index contributed by atoms with van der Waals surface area (Å²) >= 11 is 0. The number of carbonyl (C=O) groups excluding carboxylic acids is 1. The van der Waals surface area contributed by atoms with Gasteiger partial charge in [-0.05, 0) is 13.3 Å². The molecule has 1 heterocycles. The predicted molar refractivity (Wildman–Crippen MR) is 48.6 cm³/mol. The highest BCUT2D eigenvalue weighted by molar-refractivity contribution is 5.77. The van der Waals surface area contributed by atoms with Crippen molar-refractivity contribution >= 4 is 5.91 Å². The molecule has 1 saturated heterocycles. The van der Waals surface area contributed by atoms with Crippen LogP contribution in [-0.2, 0) is 9.53 Å². The summed E-state index contributed by atoms with van der Waals surface area (Å²) < 4.78 is 18.6. The van der Waals surface area contributed by atoms with Crippen molar-refractivity contribution in [1.29, 1.82) is 0 Å². The maximum atomic E-state index is 13.4. The summed E-state index contributed by atoms with van der Waals surface area (Å²) in [5.74, 6) is -0.414. The molecule has 1 N–H and O–H groups in total. The van der Waals surface area contributed by atoms with Crippen molar-refractivity contribution in [3.05, 3.63) is 0 Å². The van der Waals surface area contributed by atoms with Gasteiger partial charge in [-0.3, -0.25) is 4.79 Å². The fourth-order valence-electron chi connectivity index (χ4n) is 1.61. The third-order valence-electron chi connectivity index (χ3n) is 2.35. The van der Waals surface area contributed by atoms with Crippen molar-refractivity contribution in [3.63, 3.8) is 0 Å². The maximum Gasteiger partial charge on any atom is 0.248 e. The summed E-state index contributed by atoms with van der Waals surface area (Å²) in [6.45, 7) is 2.25. The fourth-order valence-corrected chi connectivity index (χ4v) is 1.61. The molecule has 1 aliphatic heterocycles. The normalized spacial score (nSPS) is 27.8. The number of hydrogen-bond acceptors (Lipinski definition) is 3. The molecular formula is C9H16FNO3. The largest absolute Gasteiger partial charge is 0.387 e. The first-order valence-corrected chi connectivity index (χ1v) is 4.83. The van der Waals surface area contributed by atoms with Crippen LogP contribution in [0.1, 0.15) is 13.3 Å². The van der Waals surface area contributed by atoms with E-state index in [1.54, 1.807) is 0 Å². The predicted octanol–water partition coefficient (Wildman–Crippen LogP) is -0.0458. The number of aliphatic hydroxyl groups is 1. The van der Waals surface area contributed by atoms with E-state index in [9.17, 15) is 9.18 Å². The van der Waals surface area contributed by atoms with E-state index in [2.05, 4.69) is 0 Å². The zero-order chi connectivity index (χ0) is 10.6. The molecule has 82 valence electrons. The number of piperidine rings is 1. The minimum atomic E-state index is -1.14. The minimum Gasteiger partial charge on any atom is -0.387 e. The molecular weight excluding hydrogens is 189 g/mol. The molecule has 0 aliphatic carbocycles. The van der Waals surface area contributed by atoms with E-state index < -0.39 is 24.8 Å². The first kappa shape index (κ1) is 11.4. The Morgan fingerprint density at radius 2 is 2.43 bits per heavy atom.